The molecule has 0 heterocycles. The number of carbonyl (C=O) groups excluding carboxylic acids is 1. The molecule has 0 aliphatic carbocycles. The largest absolute Gasteiger partial charge is 0.465 e. The molecule has 0 aromatic rings. The zero-order chi connectivity index (χ0) is 32.7. The molecule has 1 unspecified atom stereocenters. The number of ether oxygens (including phenoxy) is 1. The fourth-order valence-corrected chi connectivity index (χ4v) is 7.70. The lowest BCUT2D eigenvalue weighted by molar-refractivity contribution is -0.143. The predicted molar refractivity (Wildman–Crippen MR) is 206 cm³/mol. The van der Waals surface area contributed by atoms with E-state index in [0.717, 1.165) is 0 Å². The summed E-state index contributed by atoms with van der Waals surface area (Å²) in [6.45, 7) is 7.12. The van der Waals surface area contributed by atoms with Gasteiger partial charge in [-0.1, -0.05) is 226 Å². The van der Waals surface area contributed by atoms with E-state index in [1.165, 1.54) is 224 Å². The number of thioether (sulfide) groups is 1. The van der Waals surface area contributed by atoms with Gasteiger partial charge < -0.3 is 4.74 Å². The molecule has 0 fully saturated rings. The minimum atomic E-state index is -0.0367. The molecule has 1 atom stereocenters. The number of rotatable bonds is 39. The molecule has 0 aromatic carbocycles. The summed E-state index contributed by atoms with van der Waals surface area (Å²) in [5, 5.41) is 0.494. The van der Waals surface area contributed by atoms with E-state index in [1.54, 1.807) is 0 Å². The molecule has 2 nitrogen and oxygen atoms in total. The van der Waals surface area contributed by atoms with Crippen LogP contribution in [0, 0.1) is 0 Å². The molecule has 0 saturated heterocycles. The highest BCUT2D eigenvalue weighted by Gasteiger charge is 2.12. The Morgan fingerprint density at radius 3 is 1.02 bits per heavy atom. The Bertz CT molecular complexity index is 513. The molecule has 0 spiro atoms. The quantitative estimate of drug-likeness (QED) is 0.0488. The zero-order valence-corrected chi connectivity index (χ0v) is 32.3. The van der Waals surface area contributed by atoms with Crippen LogP contribution in [0.25, 0.3) is 0 Å². The van der Waals surface area contributed by atoms with Crippen molar-refractivity contribution in [2.24, 2.45) is 0 Å². The normalized spacial score (nSPS) is 12.2. The lowest BCUT2D eigenvalue weighted by Gasteiger charge is -2.16. The lowest BCUT2D eigenvalue weighted by Crippen LogP contribution is -2.16. The first kappa shape index (κ1) is 44.8. The fraction of sp³-hybridized carbons (Fsp3) is 0.976. The van der Waals surface area contributed by atoms with Crippen LogP contribution in [0.15, 0.2) is 0 Å². The summed E-state index contributed by atoms with van der Waals surface area (Å²) in [6.07, 6.45) is 48.6. The van der Waals surface area contributed by atoms with Crippen molar-refractivity contribution in [1.29, 1.82) is 0 Å². The third kappa shape index (κ3) is 38.2. The van der Waals surface area contributed by atoms with Gasteiger partial charge in [0.15, 0.2) is 0 Å². The zero-order valence-electron chi connectivity index (χ0n) is 31.5. The van der Waals surface area contributed by atoms with E-state index in [1.807, 2.05) is 6.92 Å². The van der Waals surface area contributed by atoms with Crippen molar-refractivity contribution in [3.05, 3.63) is 0 Å². The third-order valence-corrected chi connectivity index (χ3v) is 11.1. The fourth-order valence-electron chi connectivity index (χ4n) is 6.50. The van der Waals surface area contributed by atoms with Crippen LogP contribution < -0.4 is 0 Å². The van der Waals surface area contributed by atoms with Crippen LogP contribution in [-0.4, -0.2) is 23.6 Å². The number of hydrogen-bond acceptors (Lipinski definition) is 3. The minimum absolute atomic E-state index is 0.0367. The molecule has 0 N–H and O–H groups in total. The summed E-state index contributed by atoms with van der Waals surface area (Å²) >= 11 is 2.07. The molecule has 0 aromatic heterocycles. The summed E-state index contributed by atoms with van der Waals surface area (Å²) in [5.74, 6) is 1.19. The van der Waals surface area contributed by atoms with Crippen molar-refractivity contribution in [2.75, 3.05) is 12.4 Å². The molecule has 0 aliphatic heterocycles. The average Bonchev–Trinajstić information content (AvgIpc) is 3.05. The predicted octanol–water partition coefficient (Wildman–Crippen LogP) is 15.3. The van der Waals surface area contributed by atoms with E-state index in [9.17, 15) is 4.79 Å². The van der Waals surface area contributed by atoms with E-state index in [0.29, 0.717) is 18.3 Å². The Kier molecular flexibility index (Phi) is 39.8. The van der Waals surface area contributed by atoms with Crippen molar-refractivity contribution in [3.63, 3.8) is 0 Å². The van der Waals surface area contributed by atoms with E-state index >= 15 is 0 Å². The maximum Gasteiger partial charge on any atom is 0.305 e. The van der Waals surface area contributed by atoms with Gasteiger partial charge in [0.05, 0.1) is 0 Å². The lowest BCUT2D eigenvalue weighted by atomic mass is 10.0. The van der Waals surface area contributed by atoms with Crippen molar-refractivity contribution in [3.8, 4) is 0 Å². The Hall–Kier alpha value is -0.180. The minimum Gasteiger partial charge on any atom is -0.465 e. The van der Waals surface area contributed by atoms with Gasteiger partial charge >= 0.3 is 5.97 Å². The van der Waals surface area contributed by atoms with Gasteiger partial charge in [0.2, 0.25) is 0 Å². The first-order valence-corrected chi connectivity index (χ1v) is 22.1. The number of esters is 1. The van der Waals surface area contributed by atoms with Crippen molar-refractivity contribution in [1.82, 2.24) is 0 Å². The Morgan fingerprint density at radius 2 is 0.711 bits per heavy atom. The Morgan fingerprint density at radius 1 is 0.422 bits per heavy atom. The number of hydrogen-bond donors (Lipinski definition) is 0. The smallest absolute Gasteiger partial charge is 0.305 e. The Labute approximate surface area is 289 Å². The van der Waals surface area contributed by atoms with Crippen LogP contribution >= 0.6 is 11.8 Å². The van der Waals surface area contributed by atoms with Crippen LogP contribution in [0.1, 0.15) is 245 Å². The van der Waals surface area contributed by atoms with Crippen molar-refractivity contribution in [2.45, 2.75) is 251 Å². The summed E-state index contributed by atoms with van der Waals surface area (Å²) in [5.41, 5.74) is 0. The van der Waals surface area contributed by atoms with Crippen LogP contribution in [0.5, 0.6) is 0 Å². The van der Waals surface area contributed by atoms with Crippen molar-refractivity contribution < 1.29 is 9.53 Å². The van der Waals surface area contributed by atoms with Crippen LogP contribution in [0.4, 0.5) is 0 Å². The first-order chi connectivity index (χ1) is 22.2. The van der Waals surface area contributed by atoms with Gasteiger partial charge in [0.1, 0.15) is 6.61 Å². The summed E-state index contributed by atoms with van der Waals surface area (Å²) in [7, 11) is 0. The van der Waals surface area contributed by atoms with Crippen LogP contribution in [0.3, 0.4) is 0 Å². The van der Waals surface area contributed by atoms with Crippen molar-refractivity contribution >= 4 is 17.7 Å². The maximum atomic E-state index is 11.8. The number of carbonyl (C=O) groups is 1. The van der Waals surface area contributed by atoms with Crippen LogP contribution in [-0.2, 0) is 9.53 Å². The van der Waals surface area contributed by atoms with Gasteiger partial charge in [-0.3, -0.25) is 4.79 Å². The number of unbranched alkanes of at least 4 members (excludes halogenated alkanes) is 31. The van der Waals surface area contributed by atoms with E-state index < -0.39 is 0 Å². The van der Waals surface area contributed by atoms with E-state index in [2.05, 4.69) is 25.6 Å². The Balaban J connectivity index is 3.61. The van der Waals surface area contributed by atoms with Gasteiger partial charge in [-0.15, -0.1) is 0 Å². The van der Waals surface area contributed by atoms with Gasteiger partial charge in [-0.25, -0.2) is 0 Å². The molecule has 0 amide bonds. The van der Waals surface area contributed by atoms with E-state index in [-0.39, 0.29) is 5.97 Å². The highest BCUT2D eigenvalue weighted by atomic mass is 32.2. The molecule has 0 radical (unpaired) electrons. The third-order valence-electron chi connectivity index (χ3n) is 9.70. The molecular formula is C42H84O2S. The standard InChI is InChI=1S/C42H84O2S/c1-4-7-9-11-13-15-17-19-21-23-24-26-28-30-32-34-36-38-41(40-44-42(43)6-3)45-39-37-35-33-31-29-27-25-22-20-18-16-14-12-10-8-5-2/h41H,4-40H2,1-3H3. The van der Waals surface area contributed by atoms with Gasteiger partial charge in [-0.2, -0.15) is 11.8 Å². The van der Waals surface area contributed by atoms with Gasteiger partial charge in [0.25, 0.3) is 0 Å². The molecule has 270 valence electrons. The summed E-state index contributed by atoms with van der Waals surface area (Å²) in [6, 6.07) is 0. The molecule has 0 bridgehead atoms. The van der Waals surface area contributed by atoms with Crippen LogP contribution in [0.2, 0.25) is 0 Å². The van der Waals surface area contributed by atoms with Gasteiger partial charge in [-0.05, 0) is 18.6 Å². The maximum absolute atomic E-state index is 11.8. The van der Waals surface area contributed by atoms with Gasteiger partial charge in [0, 0.05) is 11.7 Å². The molecule has 0 aliphatic rings. The SMILES string of the molecule is CCCCCCCCCCCCCCCCCCCC(COC(=O)CC)SCCCCCCCCCCCCCCCCCC. The average molecular weight is 653 g/mol. The first-order valence-electron chi connectivity index (χ1n) is 21.0. The summed E-state index contributed by atoms with van der Waals surface area (Å²) < 4.78 is 5.56. The summed E-state index contributed by atoms with van der Waals surface area (Å²) in [4.78, 5) is 11.8. The molecule has 3 heteroatoms. The second-order valence-corrected chi connectivity index (χ2v) is 15.7. The second-order valence-electron chi connectivity index (χ2n) is 14.3. The van der Waals surface area contributed by atoms with E-state index in [4.69, 9.17) is 4.74 Å². The molecular weight excluding hydrogens is 569 g/mol. The molecule has 0 saturated carbocycles. The topological polar surface area (TPSA) is 26.3 Å². The monoisotopic (exact) mass is 653 g/mol. The second kappa shape index (κ2) is 40.0. The highest BCUT2D eigenvalue weighted by molar-refractivity contribution is 7.99. The molecule has 45 heavy (non-hydrogen) atoms. The molecule has 0 rings (SSSR count). The highest BCUT2D eigenvalue weighted by Crippen LogP contribution is 2.22.